The van der Waals surface area contributed by atoms with Gasteiger partial charge in [0.05, 0.1) is 0 Å². The fourth-order valence-corrected chi connectivity index (χ4v) is 10.3. The second kappa shape index (κ2) is 4.86. The monoisotopic (exact) mass is 394 g/mol. The molecule has 5 unspecified atom stereocenters. The van der Waals surface area contributed by atoms with E-state index in [1.54, 1.807) is 5.57 Å². The van der Waals surface area contributed by atoms with E-state index in [1.807, 2.05) is 0 Å². The largest absolute Gasteiger partial charge is 0.458 e. The van der Waals surface area contributed by atoms with Crippen molar-refractivity contribution < 1.29 is 14.3 Å². The zero-order valence-corrected chi connectivity index (χ0v) is 18.1. The highest BCUT2D eigenvalue weighted by molar-refractivity contribution is 5.94. The van der Waals surface area contributed by atoms with Gasteiger partial charge in [-0.1, -0.05) is 26.3 Å². The van der Waals surface area contributed by atoms with Gasteiger partial charge >= 0.3 is 5.97 Å². The van der Waals surface area contributed by atoms with Gasteiger partial charge in [-0.2, -0.15) is 0 Å². The van der Waals surface area contributed by atoms with Gasteiger partial charge in [0.1, 0.15) is 5.60 Å². The van der Waals surface area contributed by atoms with Crippen LogP contribution in [0.25, 0.3) is 0 Å². The molecule has 5 saturated carbocycles. The van der Waals surface area contributed by atoms with E-state index in [2.05, 4.69) is 26.8 Å². The van der Waals surface area contributed by atoms with Crippen LogP contribution in [0.2, 0.25) is 0 Å². The Bertz CT molecular complexity index is 882. The zero-order chi connectivity index (χ0) is 20.0. The first-order valence-electron chi connectivity index (χ1n) is 12.2. The number of rotatable bonds is 0. The number of hydrogen-bond acceptors (Lipinski definition) is 3. The van der Waals surface area contributed by atoms with Crippen molar-refractivity contribution in [2.45, 2.75) is 84.2 Å². The Morgan fingerprint density at radius 3 is 2.48 bits per heavy atom. The second-order valence-electron chi connectivity index (χ2n) is 12.6. The van der Waals surface area contributed by atoms with Gasteiger partial charge in [0.2, 0.25) is 0 Å². The summed E-state index contributed by atoms with van der Waals surface area (Å²) in [5.41, 5.74) is 2.12. The summed E-state index contributed by atoms with van der Waals surface area (Å²) in [5.74, 6) is 4.21. The molecule has 2 spiro atoms. The average Bonchev–Trinajstić information content (AvgIpc) is 3.56. The summed E-state index contributed by atoms with van der Waals surface area (Å²) < 4.78 is 6.25. The molecule has 156 valence electrons. The lowest BCUT2D eigenvalue weighted by molar-refractivity contribution is -0.178. The molecule has 29 heavy (non-hydrogen) atoms. The van der Waals surface area contributed by atoms with Crippen LogP contribution < -0.4 is 0 Å². The summed E-state index contributed by atoms with van der Waals surface area (Å²) in [6, 6.07) is 0. The first kappa shape index (κ1) is 17.5. The third kappa shape index (κ3) is 1.81. The van der Waals surface area contributed by atoms with Crippen molar-refractivity contribution in [2.75, 3.05) is 0 Å². The van der Waals surface area contributed by atoms with E-state index < -0.39 is 0 Å². The molecule has 0 N–H and O–H groups in total. The Morgan fingerprint density at radius 1 is 1.00 bits per heavy atom. The summed E-state index contributed by atoms with van der Waals surface area (Å²) in [6.07, 6.45) is 12.4. The number of carbonyl (C=O) groups is 2. The van der Waals surface area contributed by atoms with E-state index in [4.69, 9.17) is 4.74 Å². The molecule has 0 aromatic rings. The van der Waals surface area contributed by atoms with Crippen LogP contribution in [0.4, 0.5) is 0 Å². The topological polar surface area (TPSA) is 43.4 Å². The van der Waals surface area contributed by atoms with Crippen molar-refractivity contribution in [3.05, 3.63) is 11.6 Å². The quantitative estimate of drug-likeness (QED) is 0.538. The lowest BCUT2D eigenvalue weighted by Crippen LogP contribution is -2.58. The lowest BCUT2D eigenvalue weighted by Gasteiger charge is -2.62. The number of ketones is 1. The minimum atomic E-state index is -0.145. The third-order valence-corrected chi connectivity index (χ3v) is 11.5. The van der Waals surface area contributed by atoms with Crippen molar-refractivity contribution in [3.63, 3.8) is 0 Å². The number of esters is 1. The van der Waals surface area contributed by atoms with Gasteiger partial charge in [-0.05, 0) is 91.9 Å². The van der Waals surface area contributed by atoms with Crippen molar-refractivity contribution in [2.24, 2.45) is 51.8 Å². The van der Waals surface area contributed by atoms with Crippen LogP contribution >= 0.6 is 0 Å². The van der Waals surface area contributed by atoms with Crippen LogP contribution in [0.15, 0.2) is 11.6 Å². The normalized spacial score (nSPS) is 58.2. The first-order valence-corrected chi connectivity index (χ1v) is 12.2. The highest BCUT2D eigenvalue weighted by Crippen LogP contribution is 2.81. The molecule has 1 heterocycles. The van der Waals surface area contributed by atoms with Crippen molar-refractivity contribution >= 4 is 11.8 Å². The van der Waals surface area contributed by atoms with E-state index in [1.165, 1.54) is 38.5 Å². The zero-order valence-electron chi connectivity index (χ0n) is 18.1. The van der Waals surface area contributed by atoms with E-state index in [-0.39, 0.29) is 28.3 Å². The molecule has 7 aliphatic rings. The Hall–Kier alpha value is -1.12. The number of fused-ring (bicyclic) bond motifs is 10. The number of hydrogen-bond donors (Lipinski definition) is 0. The van der Waals surface area contributed by atoms with Crippen molar-refractivity contribution in [1.82, 2.24) is 0 Å². The summed E-state index contributed by atoms with van der Waals surface area (Å²) in [5, 5.41) is 0. The van der Waals surface area contributed by atoms with Gasteiger partial charge in [0.15, 0.2) is 5.78 Å². The van der Waals surface area contributed by atoms with Crippen LogP contribution in [-0.2, 0) is 14.3 Å². The predicted molar refractivity (Wildman–Crippen MR) is 109 cm³/mol. The van der Waals surface area contributed by atoms with E-state index in [0.29, 0.717) is 29.5 Å². The van der Waals surface area contributed by atoms with E-state index >= 15 is 0 Å². The standard InChI is InChI=1S/C26H34O3/c1-14-12-23(2)17-4-6-24(3)22(15-10-18(15)26(24)7-5-21(28)29-26)16(17)13-25(8-9-25)20(23)11-19(14)27/h11,14-18,22H,4-10,12-13H2,1-3H3/t14-,15?,16?,17?,18?,22?,23+,24-,26-/m0/s1. The fraction of sp³-hybridized carbons (Fsp3) is 0.846. The van der Waals surface area contributed by atoms with Crippen LogP contribution in [0, 0.1) is 51.8 Å². The molecule has 0 amide bonds. The van der Waals surface area contributed by atoms with Crippen molar-refractivity contribution in [3.8, 4) is 0 Å². The highest BCUT2D eigenvalue weighted by atomic mass is 16.6. The van der Waals surface area contributed by atoms with Crippen LogP contribution in [0.1, 0.15) is 78.6 Å². The molecular weight excluding hydrogens is 360 g/mol. The van der Waals surface area contributed by atoms with Crippen LogP contribution in [0.5, 0.6) is 0 Å². The molecule has 3 nitrogen and oxygen atoms in total. The molecule has 7 rings (SSSR count). The van der Waals surface area contributed by atoms with E-state index in [0.717, 1.165) is 30.6 Å². The smallest absolute Gasteiger partial charge is 0.306 e. The maximum absolute atomic E-state index is 12.6. The number of allylic oxidation sites excluding steroid dienone is 1. The fourth-order valence-electron chi connectivity index (χ4n) is 10.3. The summed E-state index contributed by atoms with van der Waals surface area (Å²) in [6.45, 7) is 7.17. The maximum atomic E-state index is 12.6. The van der Waals surface area contributed by atoms with Crippen molar-refractivity contribution in [1.29, 1.82) is 0 Å². The molecule has 1 saturated heterocycles. The Kier molecular flexibility index (Phi) is 2.94. The summed E-state index contributed by atoms with van der Waals surface area (Å²) in [4.78, 5) is 24.9. The van der Waals surface area contributed by atoms with Gasteiger partial charge in [0, 0.05) is 23.7 Å². The van der Waals surface area contributed by atoms with Gasteiger partial charge in [-0.3, -0.25) is 9.59 Å². The second-order valence-corrected chi connectivity index (χ2v) is 12.6. The average molecular weight is 395 g/mol. The summed E-state index contributed by atoms with van der Waals surface area (Å²) in [7, 11) is 0. The SMILES string of the molecule is C[C@H]1C[C@@]2(C)C(=CC1=O)C1(CC1)CC1C2CC[C@@]2(C)C1C1CC1[C@@]21CCC(=O)O1. The molecular formula is C26H34O3. The molecule has 0 aromatic heterocycles. The molecule has 1 aliphatic heterocycles. The molecule has 6 aliphatic carbocycles. The molecule has 0 radical (unpaired) electrons. The Labute approximate surface area is 174 Å². The van der Waals surface area contributed by atoms with Crippen LogP contribution in [-0.4, -0.2) is 17.4 Å². The minimum Gasteiger partial charge on any atom is -0.458 e. The summed E-state index contributed by atoms with van der Waals surface area (Å²) >= 11 is 0. The van der Waals surface area contributed by atoms with Gasteiger partial charge in [0.25, 0.3) is 0 Å². The number of carbonyl (C=O) groups excluding carboxylic acids is 2. The maximum Gasteiger partial charge on any atom is 0.306 e. The van der Waals surface area contributed by atoms with E-state index in [9.17, 15) is 9.59 Å². The highest BCUT2D eigenvalue weighted by Gasteiger charge is 2.80. The minimum absolute atomic E-state index is 0.0544. The Balaban J connectivity index is 1.34. The molecule has 9 atom stereocenters. The molecule has 3 heteroatoms. The Morgan fingerprint density at radius 2 is 1.79 bits per heavy atom. The number of ether oxygens (including phenoxy) is 1. The van der Waals surface area contributed by atoms with Gasteiger partial charge < -0.3 is 4.74 Å². The predicted octanol–water partition coefficient (Wildman–Crippen LogP) is 5.09. The van der Waals surface area contributed by atoms with Gasteiger partial charge in [-0.15, -0.1) is 0 Å². The third-order valence-electron chi connectivity index (χ3n) is 11.5. The van der Waals surface area contributed by atoms with Gasteiger partial charge in [-0.25, -0.2) is 0 Å². The van der Waals surface area contributed by atoms with Crippen LogP contribution in [0.3, 0.4) is 0 Å². The molecule has 0 bridgehead atoms. The molecule has 6 fully saturated rings. The first-order chi connectivity index (χ1) is 13.7. The molecule has 0 aromatic carbocycles. The lowest BCUT2D eigenvalue weighted by atomic mass is 9.42.